The molecule has 6 heteroatoms. The van der Waals surface area contributed by atoms with E-state index >= 15 is 0 Å². The predicted molar refractivity (Wildman–Crippen MR) is 60.5 cm³/mol. The van der Waals surface area contributed by atoms with Crippen molar-refractivity contribution >= 4 is 5.97 Å². The number of hydrogen-bond donors (Lipinski definition) is 0. The molecule has 0 radical (unpaired) electrons. The van der Waals surface area contributed by atoms with E-state index < -0.39 is 5.69 Å². The molecule has 0 fully saturated rings. The van der Waals surface area contributed by atoms with E-state index in [9.17, 15) is 9.59 Å². The molecule has 6 nitrogen and oxygen atoms in total. The summed E-state index contributed by atoms with van der Waals surface area (Å²) in [4.78, 5) is 30.6. The Hall–Kier alpha value is -1.85. The maximum atomic E-state index is 11.2. The molecule has 0 amide bonds. The third-order valence-corrected chi connectivity index (χ3v) is 1.96. The van der Waals surface area contributed by atoms with E-state index in [2.05, 4.69) is 4.98 Å². The van der Waals surface area contributed by atoms with Crippen molar-refractivity contribution < 1.29 is 14.4 Å². The fraction of sp³-hybridized carbons (Fsp3) is 0.545. The van der Waals surface area contributed by atoms with Gasteiger partial charge in [-0.25, -0.2) is 4.79 Å². The van der Waals surface area contributed by atoms with Gasteiger partial charge in [-0.1, -0.05) is 0 Å². The molecule has 0 N–H and O–H groups in total. The second-order valence-corrected chi connectivity index (χ2v) is 3.62. The van der Waals surface area contributed by atoms with Gasteiger partial charge in [0.15, 0.2) is 0 Å². The molecule has 0 aliphatic carbocycles. The first-order valence-electron chi connectivity index (χ1n) is 5.41. The first-order valence-corrected chi connectivity index (χ1v) is 5.41. The van der Waals surface area contributed by atoms with Crippen LogP contribution >= 0.6 is 0 Å². The second kappa shape index (κ2) is 6.67. The van der Waals surface area contributed by atoms with Crippen LogP contribution in [-0.4, -0.2) is 28.9 Å². The Morgan fingerprint density at radius 3 is 2.82 bits per heavy atom. The van der Waals surface area contributed by atoms with Gasteiger partial charge in [0.1, 0.15) is 6.61 Å². The minimum atomic E-state index is -0.435. The predicted octanol–water partition coefficient (Wildman–Crippen LogP) is 0.324. The van der Waals surface area contributed by atoms with Crippen molar-refractivity contribution in [2.24, 2.45) is 0 Å². The van der Waals surface area contributed by atoms with Gasteiger partial charge in [0.25, 0.3) is 0 Å². The highest BCUT2D eigenvalue weighted by atomic mass is 16.7. The average molecular weight is 240 g/mol. The number of carbonyl (C=O) groups is 1. The van der Waals surface area contributed by atoms with Crippen molar-refractivity contribution in [1.29, 1.82) is 0 Å². The van der Waals surface area contributed by atoms with Gasteiger partial charge in [-0.3, -0.25) is 4.79 Å². The molecule has 0 saturated heterocycles. The van der Waals surface area contributed by atoms with E-state index in [1.807, 2.05) is 6.92 Å². The number of carbonyl (C=O) groups excluding carboxylic acids is 1. The molecule has 0 spiro atoms. The third-order valence-electron chi connectivity index (χ3n) is 1.96. The summed E-state index contributed by atoms with van der Waals surface area (Å²) in [5, 5.41) is 0. The molecule has 0 unspecified atom stereocenters. The summed E-state index contributed by atoms with van der Waals surface area (Å²) in [7, 11) is 0. The first-order chi connectivity index (χ1) is 8.09. The summed E-state index contributed by atoms with van der Waals surface area (Å²) in [6.07, 6.45) is 4.48. The van der Waals surface area contributed by atoms with Crippen molar-refractivity contribution in [3.05, 3.63) is 28.4 Å². The van der Waals surface area contributed by atoms with Gasteiger partial charge < -0.3 is 9.57 Å². The summed E-state index contributed by atoms with van der Waals surface area (Å²) in [5.41, 5.74) is 0.417. The Balaban J connectivity index is 2.24. The summed E-state index contributed by atoms with van der Waals surface area (Å²) in [6.45, 7) is 3.95. The summed E-state index contributed by atoms with van der Waals surface area (Å²) in [5.74, 6) is -0.287. The van der Waals surface area contributed by atoms with Gasteiger partial charge in [-0.05, 0) is 25.3 Å². The zero-order chi connectivity index (χ0) is 12.7. The van der Waals surface area contributed by atoms with E-state index in [0.717, 1.165) is 10.3 Å². The molecule has 1 heterocycles. The number of esters is 1. The number of nitrogens with zero attached hydrogens (tertiary/aromatic N) is 2. The molecule has 1 aromatic rings. The van der Waals surface area contributed by atoms with Crippen molar-refractivity contribution in [3.8, 4) is 0 Å². The summed E-state index contributed by atoms with van der Waals surface area (Å²) >= 11 is 0. The highest BCUT2D eigenvalue weighted by Gasteiger charge is 1.98. The van der Waals surface area contributed by atoms with Crippen LogP contribution in [0.3, 0.4) is 0 Å². The highest BCUT2D eigenvalue weighted by molar-refractivity contribution is 5.65. The molecule has 94 valence electrons. The Bertz CT molecular complexity index is 428. The molecule has 0 atom stereocenters. The van der Waals surface area contributed by atoms with Crippen LogP contribution in [0, 0.1) is 6.92 Å². The molecule has 17 heavy (non-hydrogen) atoms. The van der Waals surface area contributed by atoms with Crippen LogP contribution in [0.15, 0.2) is 17.2 Å². The molecule has 1 rings (SSSR count). The lowest BCUT2D eigenvalue weighted by atomic mass is 10.3. The zero-order valence-corrected chi connectivity index (χ0v) is 10.0. The third kappa shape index (κ3) is 5.14. The molecule has 0 saturated carbocycles. The number of unbranched alkanes of at least 4 members (excludes halogenated alkanes) is 1. The Morgan fingerprint density at radius 1 is 1.41 bits per heavy atom. The largest absolute Gasteiger partial charge is 0.466 e. The molecule has 1 aromatic heterocycles. The van der Waals surface area contributed by atoms with E-state index in [4.69, 9.17) is 9.57 Å². The van der Waals surface area contributed by atoms with Gasteiger partial charge >= 0.3 is 11.7 Å². The maximum Gasteiger partial charge on any atom is 0.380 e. The van der Waals surface area contributed by atoms with Crippen molar-refractivity contribution in [3.63, 3.8) is 0 Å². The van der Waals surface area contributed by atoms with Crippen molar-refractivity contribution in [2.45, 2.75) is 26.7 Å². The molecule has 0 bridgehead atoms. The summed E-state index contributed by atoms with van der Waals surface area (Å²) in [6, 6.07) is 0. The number of ether oxygens (including phenoxy) is 1. The van der Waals surface area contributed by atoms with E-state index in [1.165, 1.54) is 13.1 Å². The Labute approximate surface area is 99.1 Å². The molecule has 0 aliphatic rings. The SMILES string of the molecule is CC(=O)OCCCCOn1cc(C)cnc1=O. The Morgan fingerprint density at radius 2 is 2.12 bits per heavy atom. The minimum Gasteiger partial charge on any atom is -0.466 e. The van der Waals surface area contributed by atoms with Crippen LogP contribution in [0.1, 0.15) is 25.3 Å². The molecule has 0 aliphatic heterocycles. The molecule has 0 aromatic carbocycles. The lowest BCUT2D eigenvalue weighted by Gasteiger charge is -2.07. The number of rotatable bonds is 6. The van der Waals surface area contributed by atoms with Crippen LogP contribution in [0.4, 0.5) is 0 Å². The molecular formula is C11H16N2O4. The lowest BCUT2D eigenvalue weighted by Crippen LogP contribution is -2.29. The van der Waals surface area contributed by atoms with Crippen LogP contribution in [0.2, 0.25) is 0 Å². The molecular weight excluding hydrogens is 224 g/mol. The average Bonchev–Trinajstić information content (AvgIpc) is 2.27. The van der Waals surface area contributed by atoms with Crippen molar-refractivity contribution in [2.75, 3.05) is 13.2 Å². The van der Waals surface area contributed by atoms with Crippen LogP contribution in [0.5, 0.6) is 0 Å². The van der Waals surface area contributed by atoms with Gasteiger partial charge in [0.2, 0.25) is 0 Å². The van der Waals surface area contributed by atoms with E-state index in [0.29, 0.717) is 26.1 Å². The first kappa shape index (κ1) is 13.2. The number of aromatic nitrogens is 2. The Kier molecular flexibility index (Phi) is 5.19. The quantitative estimate of drug-likeness (QED) is 0.529. The fourth-order valence-corrected chi connectivity index (χ4v) is 1.16. The van der Waals surface area contributed by atoms with Crippen LogP contribution in [-0.2, 0) is 9.53 Å². The normalized spacial score (nSPS) is 10.0. The van der Waals surface area contributed by atoms with Gasteiger partial charge in [0.05, 0.1) is 12.8 Å². The minimum absolute atomic E-state index is 0.287. The monoisotopic (exact) mass is 240 g/mol. The van der Waals surface area contributed by atoms with Crippen LogP contribution < -0.4 is 10.5 Å². The van der Waals surface area contributed by atoms with Gasteiger partial charge in [0, 0.05) is 13.1 Å². The van der Waals surface area contributed by atoms with Gasteiger partial charge in [-0.15, -0.1) is 4.73 Å². The van der Waals surface area contributed by atoms with Crippen LogP contribution in [0.25, 0.3) is 0 Å². The van der Waals surface area contributed by atoms with E-state index in [-0.39, 0.29) is 5.97 Å². The smallest absolute Gasteiger partial charge is 0.380 e. The lowest BCUT2D eigenvalue weighted by molar-refractivity contribution is -0.141. The highest BCUT2D eigenvalue weighted by Crippen LogP contribution is 1.91. The van der Waals surface area contributed by atoms with Gasteiger partial charge in [-0.2, -0.15) is 4.98 Å². The number of aryl methyl sites for hydroxylation is 1. The standard InChI is InChI=1S/C11H16N2O4/c1-9-7-12-11(15)13(8-9)17-6-4-3-5-16-10(2)14/h7-8H,3-6H2,1-2H3. The topological polar surface area (TPSA) is 70.4 Å². The second-order valence-electron chi connectivity index (χ2n) is 3.62. The van der Waals surface area contributed by atoms with E-state index in [1.54, 1.807) is 6.20 Å². The fourth-order valence-electron chi connectivity index (χ4n) is 1.16. The summed E-state index contributed by atoms with van der Waals surface area (Å²) < 4.78 is 5.87. The zero-order valence-electron chi connectivity index (χ0n) is 10.0. The maximum absolute atomic E-state index is 11.2. The number of hydrogen-bond acceptors (Lipinski definition) is 5. The van der Waals surface area contributed by atoms with Crippen molar-refractivity contribution in [1.82, 2.24) is 9.71 Å².